The van der Waals surface area contributed by atoms with Crippen molar-refractivity contribution in [1.82, 2.24) is 4.90 Å². The third kappa shape index (κ3) is 7.24. The van der Waals surface area contributed by atoms with Crippen LogP contribution in [0.1, 0.15) is 12.8 Å². The summed E-state index contributed by atoms with van der Waals surface area (Å²) in [5.74, 6) is 0. The van der Waals surface area contributed by atoms with E-state index < -0.39 is 8.07 Å². The predicted octanol–water partition coefficient (Wildman–Crippen LogP) is 3.53. The van der Waals surface area contributed by atoms with Gasteiger partial charge in [0.25, 0.3) is 0 Å². The van der Waals surface area contributed by atoms with Gasteiger partial charge in [-0.15, -0.1) is 0 Å². The molecule has 0 radical (unpaired) electrons. The number of anilines is 2. The summed E-state index contributed by atoms with van der Waals surface area (Å²) < 4.78 is 5.85. The van der Waals surface area contributed by atoms with Gasteiger partial charge in [0.2, 0.25) is 0 Å². The Balaban J connectivity index is 1.63. The third-order valence-corrected chi connectivity index (χ3v) is 6.47. The average molecular weight is 350 g/mol. The zero-order valence-electron chi connectivity index (χ0n) is 15.8. The van der Waals surface area contributed by atoms with Crippen molar-refractivity contribution in [3.63, 3.8) is 0 Å². The molecule has 0 aromatic heterocycles. The first-order chi connectivity index (χ1) is 11.4. The lowest BCUT2D eigenvalue weighted by atomic mass is 10.2. The standard InChI is InChI=1S/C19H35N3OSi/c1-24(2,3)17-5-15-23-16-14-21-10-4-11-22(13-12-21)19-8-6-18(20)7-9-19/h6-9H,4-5,10-17,20H2,1-3H3. The van der Waals surface area contributed by atoms with E-state index in [-0.39, 0.29) is 0 Å². The topological polar surface area (TPSA) is 41.7 Å². The van der Waals surface area contributed by atoms with E-state index >= 15 is 0 Å². The van der Waals surface area contributed by atoms with Crippen LogP contribution in [0.4, 0.5) is 11.4 Å². The van der Waals surface area contributed by atoms with Gasteiger partial charge in [-0.05, 0) is 43.7 Å². The highest BCUT2D eigenvalue weighted by atomic mass is 28.3. The van der Waals surface area contributed by atoms with Crippen LogP contribution in [0.3, 0.4) is 0 Å². The van der Waals surface area contributed by atoms with Gasteiger partial charge < -0.3 is 15.4 Å². The lowest BCUT2D eigenvalue weighted by Gasteiger charge is -2.23. The van der Waals surface area contributed by atoms with Crippen molar-refractivity contribution in [3.05, 3.63) is 24.3 Å². The number of rotatable bonds is 8. The fourth-order valence-corrected chi connectivity index (χ4v) is 4.34. The summed E-state index contributed by atoms with van der Waals surface area (Å²) in [5, 5.41) is 0. The highest BCUT2D eigenvalue weighted by Crippen LogP contribution is 2.18. The minimum absolute atomic E-state index is 0.835. The molecule has 0 spiro atoms. The van der Waals surface area contributed by atoms with Gasteiger partial charge in [0.15, 0.2) is 0 Å². The summed E-state index contributed by atoms with van der Waals surface area (Å²) in [7, 11) is -0.904. The molecule has 1 aliphatic rings. The normalized spacial score (nSPS) is 17.0. The number of benzene rings is 1. The molecular formula is C19H35N3OSi. The smallest absolute Gasteiger partial charge is 0.0593 e. The van der Waals surface area contributed by atoms with E-state index in [1.165, 1.54) is 31.1 Å². The van der Waals surface area contributed by atoms with Crippen molar-refractivity contribution in [2.24, 2.45) is 0 Å². The Hall–Kier alpha value is -1.04. The van der Waals surface area contributed by atoms with Gasteiger partial charge in [-0.2, -0.15) is 0 Å². The van der Waals surface area contributed by atoms with Crippen LogP contribution in [-0.4, -0.2) is 58.9 Å². The maximum absolute atomic E-state index is 5.85. The first kappa shape index (κ1) is 19.3. The summed E-state index contributed by atoms with van der Waals surface area (Å²) in [4.78, 5) is 5.00. The summed E-state index contributed by atoms with van der Waals surface area (Å²) >= 11 is 0. The molecule has 0 aliphatic carbocycles. The first-order valence-electron chi connectivity index (χ1n) is 9.35. The van der Waals surface area contributed by atoms with Crippen molar-refractivity contribution < 1.29 is 4.74 Å². The molecule has 1 aliphatic heterocycles. The molecule has 0 amide bonds. The van der Waals surface area contributed by atoms with Gasteiger partial charge in [-0.3, -0.25) is 4.90 Å². The van der Waals surface area contributed by atoms with Gasteiger partial charge in [0.05, 0.1) is 6.61 Å². The second-order valence-electron chi connectivity index (χ2n) is 8.05. The molecule has 0 atom stereocenters. The Bertz CT molecular complexity index is 472. The first-order valence-corrected chi connectivity index (χ1v) is 13.1. The van der Waals surface area contributed by atoms with E-state index in [1.807, 2.05) is 12.1 Å². The van der Waals surface area contributed by atoms with Crippen molar-refractivity contribution in [1.29, 1.82) is 0 Å². The fourth-order valence-electron chi connectivity index (χ4n) is 3.14. The van der Waals surface area contributed by atoms with Crippen LogP contribution in [0.2, 0.25) is 25.7 Å². The van der Waals surface area contributed by atoms with Crippen LogP contribution in [0.5, 0.6) is 0 Å². The lowest BCUT2D eigenvalue weighted by Crippen LogP contribution is -2.33. The van der Waals surface area contributed by atoms with Gasteiger partial charge in [0, 0.05) is 52.2 Å². The maximum Gasteiger partial charge on any atom is 0.0593 e. The summed E-state index contributed by atoms with van der Waals surface area (Å²) in [6.07, 6.45) is 2.43. The number of nitrogen functional groups attached to an aromatic ring is 1. The van der Waals surface area contributed by atoms with Crippen LogP contribution in [0.25, 0.3) is 0 Å². The number of hydrogen-bond donors (Lipinski definition) is 1. The molecule has 5 heteroatoms. The van der Waals surface area contributed by atoms with E-state index in [9.17, 15) is 0 Å². The van der Waals surface area contributed by atoms with Crippen molar-refractivity contribution in [2.75, 3.05) is 56.6 Å². The van der Waals surface area contributed by atoms with Gasteiger partial charge in [-0.25, -0.2) is 0 Å². The lowest BCUT2D eigenvalue weighted by molar-refractivity contribution is 0.106. The molecule has 1 aromatic rings. The maximum atomic E-state index is 5.85. The van der Waals surface area contributed by atoms with Gasteiger partial charge in [0.1, 0.15) is 0 Å². The van der Waals surface area contributed by atoms with E-state index in [1.54, 1.807) is 0 Å². The Kier molecular flexibility index (Phi) is 7.59. The molecule has 4 nitrogen and oxygen atoms in total. The molecule has 0 saturated carbocycles. The monoisotopic (exact) mass is 349 g/mol. The molecule has 2 N–H and O–H groups in total. The quantitative estimate of drug-likeness (QED) is 0.443. The second kappa shape index (κ2) is 9.44. The van der Waals surface area contributed by atoms with Gasteiger partial charge in [-0.1, -0.05) is 25.7 Å². The van der Waals surface area contributed by atoms with E-state index in [0.717, 1.165) is 45.1 Å². The molecule has 1 fully saturated rings. The zero-order valence-corrected chi connectivity index (χ0v) is 16.8. The summed E-state index contributed by atoms with van der Waals surface area (Å²) in [6.45, 7) is 14.6. The van der Waals surface area contributed by atoms with Crippen molar-refractivity contribution in [3.8, 4) is 0 Å². The molecule has 136 valence electrons. The Morgan fingerprint density at radius 1 is 1.00 bits per heavy atom. The molecule has 1 saturated heterocycles. The highest BCUT2D eigenvalue weighted by Gasteiger charge is 2.15. The average Bonchev–Trinajstić information content (AvgIpc) is 2.76. The Labute approximate surface area is 149 Å². The molecule has 24 heavy (non-hydrogen) atoms. The van der Waals surface area contributed by atoms with Crippen LogP contribution in [-0.2, 0) is 4.74 Å². The summed E-state index contributed by atoms with van der Waals surface area (Å²) in [6, 6.07) is 9.62. The van der Waals surface area contributed by atoms with E-state index in [0.29, 0.717) is 0 Å². The molecular weight excluding hydrogens is 314 g/mol. The van der Waals surface area contributed by atoms with E-state index in [4.69, 9.17) is 10.5 Å². The number of nitrogens with zero attached hydrogens (tertiary/aromatic N) is 2. The molecule has 0 unspecified atom stereocenters. The predicted molar refractivity (Wildman–Crippen MR) is 108 cm³/mol. The largest absolute Gasteiger partial charge is 0.399 e. The minimum Gasteiger partial charge on any atom is -0.399 e. The second-order valence-corrected chi connectivity index (χ2v) is 13.7. The fraction of sp³-hybridized carbons (Fsp3) is 0.684. The number of hydrogen-bond acceptors (Lipinski definition) is 4. The third-order valence-electron chi connectivity index (χ3n) is 4.61. The minimum atomic E-state index is -0.904. The van der Waals surface area contributed by atoms with E-state index in [2.05, 4.69) is 41.6 Å². The summed E-state index contributed by atoms with van der Waals surface area (Å²) in [5.41, 5.74) is 7.90. The van der Waals surface area contributed by atoms with Crippen LogP contribution in [0, 0.1) is 0 Å². The zero-order chi connectivity index (χ0) is 17.4. The van der Waals surface area contributed by atoms with Gasteiger partial charge >= 0.3 is 0 Å². The molecule has 1 heterocycles. The molecule has 1 aromatic carbocycles. The van der Waals surface area contributed by atoms with Crippen molar-refractivity contribution >= 4 is 19.4 Å². The number of ether oxygens (including phenoxy) is 1. The van der Waals surface area contributed by atoms with Crippen LogP contribution in [0.15, 0.2) is 24.3 Å². The van der Waals surface area contributed by atoms with Crippen LogP contribution < -0.4 is 10.6 Å². The Morgan fingerprint density at radius 2 is 1.75 bits per heavy atom. The molecule has 2 rings (SSSR count). The Morgan fingerprint density at radius 3 is 2.46 bits per heavy atom. The highest BCUT2D eigenvalue weighted by molar-refractivity contribution is 6.76. The molecule has 0 bridgehead atoms. The number of nitrogens with two attached hydrogens (primary N) is 1. The van der Waals surface area contributed by atoms with Crippen LogP contribution >= 0.6 is 0 Å². The van der Waals surface area contributed by atoms with Crippen molar-refractivity contribution in [2.45, 2.75) is 38.5 Å². The SMILES string of the molecule is C[Si](C)(C)CCCOCCN1CCCN(c2ccc(N)cc2)CC1.